The van der Waals surface area contributed by atoms with Gasteiger partial charge in [-0.25, -0.2) is 23.3 Å². The fourth-order valence-electron chi connectivity index (χ4n) is 2.60. The number of aromatic hydroxyl groups is 1. The topological polar surface area (TPSA) is 160 Å². The molecule has 0 aliphatic heterocycles. The Morgan fingerprint density at radius 2 is 1.85 bits per heavy atom. The highest BCUT2D eigenvalue weighted by Crippen LogP contribution is 2.31. The third-order valence-electron chi connectivity index (χ3n) is 4.23. The number of methoxy groups -OCH3 is 1. The first kappa shape index (κ1) is 20.5. The molecule has 0 aliphatic carbocycles. The minimum absolute atomic E-state index is 0.185. The molecule has 0 saturated carbocycles. The van der Waals surface area contributed by atoms with Crippen molar-refractivity contribution in [2.45, 2.75) is 22.8 Å². The number of benzene rings is 1. The highest BCUT2D eigenvalue weighted by molar-refractivity contribution is 7.92. The van der Waals surface area contributed by atoms with Crippen LogP contribution in [0.2, 0.25) is 0 Å². The number of aromatic nitrogens is 2. The summed E-state index contributed by atoms with van der Waals surface area (Å²) in [5.74, 6) is -2.11. The van der Waals surface area contributed by atoms with Crippen LogP contribution in [0.15, 0.2) is 40.2 Å². The van der Waals surface area contributed by atoms with Gasteiger partial charge in [0, 0.05) is 7.05 Å². The molecule has 2 aromatic rings. The molecule has 1 amide bonds. The Morgan fingerprint density at radius 3 is 2.26 bits per heavy atom. The lowest BCUT2D eigenvalue weighted by Gasteiger charge is -2.32. The lowest BCUT2D eigenvalue weighted by atomic mass is 10.1. The van der Waals surface area contributed by atoms with E-state index in [9.17, 15) is 28.2 Å². The Balaban J connectivity index is 2.69. The van der Waals surface area contributed by atoms with Crippen molar-refractivity contribution in [2.24, 2.45) is 7.05 Å². The van der Waals surface area contributed by atoms with E-state index in [0.717, 1.165) is 23.2 Å². The number of hydroxylamine groups is 1. The van der Waals surface area contributed by atoms with E-state index in [2.05, 4.69) is 0 Å². The number of hydrogen-bond acceptors (Lipinski definition) is 8. The van der Waals surface area contributed by atoms with Crippen LogP contribution in [-0.4, -0.2) is 51.2 Å². The first-order chi connectivity index (χ1) is 12.5. The van der Waals surface area contributed by atoms with Crippen LogP contribution in [0.1, 0.15) is 6.92 Å². The van der Waals surface area contributed by atoms with E-state index in [1.165, 1.54) is 38.4 Å². The zero-order valence-corrected chi connectivity index (χ0v) is 15.5. The summed E-state index contributed by atoms with van der Waals surface area (Å²) in [6.45, 7) is 0.966. The second-order valence-electron chi connectivity index (χ2n) is 5.75. The van der Waals surface area contributed by atoms with Crippen LogP contribution in [0.3, 0.4) is 0 Å². The SMILES string of the molecule is COc1ccc(S(=O)(=O)C(C)C(O)(C(=O)NO)n2c(O)cn(C)c2=O)cc1. The van der Waals surface area contributed by atoms with E-state index < -0.39 is 38.3 Å². The average molecular weight is 401 g/mol. The number of amides is 1. The van der Waals surface area contributed by atoms with E-state index in [1.54, 1.807) is 0 Å². The molecule has 0 saturated heterocycles. The predicted octanol–water partition coefficient (Wildman–Crippen LogP) is -1.09. The summed E-state index contributed by atoms with van der Waals surface area (Å²) in [6, 6.07) is 5.10. The summed E-state index contributed by atoms with van der Waals surface area (Å²) in [5, 5.41) is 27.9. The molecule has 12 heteroatoms. The van der Waals surface area contributed by atoms with Crippen molar-refractivity contribution in [1.82, 2.24) is 14.6 Å². The molecule has 2 rings (SSSR count). The Morgan fingerprint density at radius 1 is 1.30 bits per heavy atom. The van der Waals surface area contributed by atoms with Crippen LogP contribution in [-0.2, 0) is 27.4 Å². The van der Waals surface area contributed by atoms with Crippen molar-refractivity contribution in [3.05, 3.63) is 40.9 Å². The van der Waals surface area contributed by atoms with Crippen LogP contribution in [0.25, 0.3) is 0 Å². The lowest BCUT2D eigenvalue weighted by Crippen LogP contribution is -2.60. The van der Waals surface area contributed by atoms with Gasteiger partial charge in [-0.2, -0.15) is 0 Å². The number of nitrogens with zero attached hydrogens (tertiary/aromatic N) is 2. The molecule has 0 aliphatic rings. The molecule has 0 fully saturated rings. The Hall–Kier alpha value is -2.83. The molecular formula is C15H19N3O8S. The maximum atomic E-state index is 12.9. The number of hydrogen-bond donors (Lipinski definition) is 4. The molecule has 2 unspecified atom stereocenters. The molecule has 2 atom stereocenters. The Bertz CT molecular complexity index is 1010. The normalized spacial score (nSPS) is 15.0. The van der Waals surface area contributed by atoms with Crippen molar-refractivity contribution in [2.75, 3.05) is 7.11 Å². The van der Waals surface area contributed by atoms with Gasteiger partial charge in [0.05, 0.1) is 18.2 Å². The summed E-state index contributed by atoms with van der Waals surface area (Å²) < 4.78 is 31.8. The number of aryl methyl sites for hydroxylation is 1. The molecule has 148 valence electrons. The summed E-state index contributed by atoms with van der Waals surface area (Å²) in [4.78, 5) is 24.2. The summed E-state index contributed by atoms with van der Waals surface area (Å²) >= 11 is 0. The monoisotopic (exact) mass is 401 g/mol. The predicted molar refractivity (Wildman–Crippen MR) is 91.1 cm³/mol. The number of ether oxygens (including phenoxy) is 1. The molecule has 4 N–H and O–H groups in total. The first-order valence-electron chi connectivity index (χ1n) is 7.54. The minimum atomic E-state index is -4.41. The van der Waals surface area contributed by atoms with E-state index in [-0.39, 0.29) is 9.46 Å². The van der Waals surface area contributed by atoms with Crippen molar-refractivity contribution < 1.29 is 33.4 Å². The van der Waals surface area contributed by atoms with Gasteiger partial charge in [-0.05, 0) is 31.2 Å². The minimum Gasteiger partial charge on any atom is -0.497 e. The number of sulfone groups is 1. The number of nitrogens with one attached hydrogen (secondary N) is 1. The third-order valence-corrected chi connectivity index (χ3v) is 6.42. The zero-order valence-electron chi connectivity index (χ0n) is 14.6. The molecule has 1 heterocycles. The molecule has 27 heavy (non-hydrogen) atoms. The second-order valence-corrected chi connectivity index (χ2v) is 8.01. The van der Waals surface area contributed by atoms with Gasteiger partial charge < -0.3 is 14.9 Å². The molecular weight excluding hydrogens is 382 g/mol. The lowest BCUT2D eigenvalue weighted by molar-refractivity contribution is -0.161. The van der Waals surface area contributed by atoms with Gasteiger partial charge in [-0.3, -0.25) is 14.6 Å². The van der Waals surface area contributed by atoms with Gasteiger partial charge in [0.1, 0.15) is 11.0 Å². The van der Waals surface area contributed by atoms with Crippen molar-refractivity contribution >= 4 is 15.7 Å². The summed E-state index contributed by atoms with van der Waals surface area (Å²) in [6.07, 6.45) is 0.880. The Labute approximate surface area is 153 Å². The van der Waals surface area contributed by atoms with Gasteiger partial charge in [0.25, 0.3) is 5.91 Å². The standard InChI is InChI=1S/C15H19N3O8S/c1-9(27(24,25)11-6-4-10(26-3)5-7-11)15(22,13(20)16-23)18-12(19)8-17(2)14(18)21/h4-9,19,22-23H,1-3H3,(H,16,20). The number of carbonyl (C=O) groups excluding carboxylic acids is 1. The molecule has 0 spiro atoms. The van der Waals surface area contributed by atoms with Crippen LogP contribution in [0.5, 0.6) is 11.6 Å². The van der Waals surface area contributed by atoms with Crippen LogP contribution >= 0.6 is 0 Å². The van der Waals surface area contributed by atoms with Crippen LogP contribution in [0.4, 0.5) is 0 Å². The smallest absolute Gasteiger partial charge is 0.333 e. The van der Waals surface area contributed by atoms with Crippen LogP contribution in [0, 0.1) is 0 Å². The molecule has 1 aromatic heterocycles. The van der Waals surface area contributed by atoms with Gasteiger partial charge >= 0.3 is 5.69 Å². The maximum Gasteiger partial charge on any atom is 0.333 e. The number of rotatable bonds is 6. The van der Waals surface area contributed by atoms with Crippen molar-refractivity contribution in [3.63, 3.8) is 0 Å². The molecule has 11 nitrogen and oxygen atoms in total. The largest absolute Gasteiger partial charge is 0.497 e. The second kappa shape index (κ2) is 7.06. The van der Waals surface area contributed by atoms with E-state index in [0.29, 0.717) is 5.75 Å². The van der Waals surface area contributed by atoms with Gasteiger partial charge in [0.2, 0.25) is 11.6 Å². The van der Waals surface area contributed by atoms with Crippen molar-refractivity contribution in [1.29, 1.82) is 0 Å². The van der Waals surface area contributed by atoms with Gasteiger partial charge in [0.15, 0.2) is 9.84 Å². The van der Waals surface area contributed by atoms with Gasteiger partial charge in [-0.1, -0.05) is 0 Å². The Kier molecular flexibility index (Phi) is 5.35. The number of aliphatic hydroxyl groups is 1. The van der Waals surface area contributed by atoms with Crippen molar-refractivity contribution in [3.8, 4) is 11.6 Å². The number of carbonyl (C=O) groups is 1. The maximum absolute atomic E-state index is 12.9. The van der Waals surface area contributed by atoms with E-state index in [4.69, 9.17) is 9.94 Å². The molecule has 1 aromatic carbocycles. The number of imidazole rings is 1. The summed E-state index contributed by atoms with van der Waals surface area (Å²) in [5.41, 5.74) is -3.08. The molecule has 0 bridgehead atoms. The fourth-order valence-corrected chi connectivity index (χ4v) is 4.17. The highest BCUT2D eigenvalue weighted by atomic mass is 32.2. The van der Waals surface area contributed by atoms with E-state index >= 15 is 0 Å². The van der Waals surface area contributed by atoms with Crippen LogP contribution < -0.4 is 15.9 Å². The average Bonchev–Trinajstić information content (AvgIpc) is 2.91. The quantitative estimate of drug-likeness (QED) is 0.351. The fraction of sp³-hybridized carbons (Fsp3) is 0.333. The zero-order chi connectivity index (χ0) is 20.6. The molecule has 0 radical (unpaired) electrons. The summed E-state index contributed by atoms with van der Waals surface area (Å²) in [7, 11) is -1.80. The van der Waals surface area contributed by atoms with Gasteiger partial charge in [-0.15, -0.1) is 0 Å². The third kappa shape index (κ3) is 3.18. The van der Waals surface area contributed by atoms with E-state index in [1.807, 2.05) is 0 Å². The highest BCUT2D eigenvalue weighted by Gasteiger charge is 2.52. The first-order valence-corrected chi connectivity index (χ1v) is 9.09.